The van der Waals surface area contributed by atoms with E-state index in [0.29, 0.717) is 6.54 Å². The van der Waals surface area contributed by atoms with Crippen LogP contribution in [0, 0.1) is 5.41 Å². The van der Waals surface area contributed by atoms with E-state index in [1.165, 1.54) is 12.3 Å². The third kappa shape index (κ3) is 4.20. The predicted octanol–water partition coefficient (Wildman–Crippen LogP) is 2.17. The molecule has 2 aliphatic heterocycles. The van der Waals surface area contributed by atoms with Crippen LogP contribution in [-0.2, 0) is 10.9 Å². The first kappa shape index (κ1) is 18.8. The average molecular weight is 372 g/mol. The van der Waals surface area contributed by atoms with Gasteiger partial charge in [0.15, 0.2) is 5.96 Å². The summed E-state index contributed by atoms with van der Waals surface area (Å²) in [7, 11) is 1.69. The molecule has 144 valence electrons. The molecule has 1 unspecified atom stereocenters. The van der Waals surface area contributed by atoms with Crippen LogP contribution in [-0.4, -0.2) is 62.3 Å². The van der Waals surface area contributed by atoms with Gasteiger partial charge in [0.2, 0.25) is 5.88 Å². The van der Waals surface area contributed by atoms with Crippen LogP contribution in [0.4, 0.5) is 13.2 Å². The zero-order valence-corrected chi connectivity index (χ0v) is 14.7. The maximum Gasteiger partial charge on any atom is 0.421 e. The van der Waals surface area contributed by atoms with Gasteiger partial charge < -0.3 is 19.7 Å². The van der Waals surface area contributed by atoms with Crippen LogP contribution >= 0.6 is 0 Å². The van der Waals surface area contributed by atoms with E-state index in [2.05, 4.69) is 20.2 Å². The van der Waals surface area contributed by atoms with Crippen molar-refractivity contribution in [3.8, 4) is 5.88 Å². The molecule has 2 saturated heterocycles. The van der Waals surface area contributed by atoms with E-state index in [4.69, 9.17) is 9.47 Å². The van der Waals surface area contributed by atoms with Gasteiger partial charge in [-0.2, -0.15) is 13.2 Å². The predicted molar refractivity (Wildman–Crippen MR) is 90.2 cm³/mol. The number of aromatic nitrogens is 1. The Morgan fingerprint density at radius 2 is 2.31 bits per heavy atom. The Bertz CT molecular complexity index is 645. The van der Waals surface area contributed by atoms with Crippen molar-refractivity contribution in [3.05, 3.63) is 23.9 Å². The quantitative estimate of drug-likeness (QED) is 0.499. The molecular formula is C17H23F3N4O2. The fourth-order valence-corrected chi connectivity index (χ4v) is 3.45. The summed E-state index contributed by atoms with van der Waals surface area (Å²) < 4.78 is 49.5. The number of likely N-dealkylation sites (tertiary alicyclic amines) is 1. The standard InChI is InChI=1S/C17H23F3N4O2/c1-21-15(24-8-4-16(11-24)5-9-25-12-16)23-7-10-26-14-13(17(18,19)20)3-2-6-22-14/h2-3,6H,4-5,7-12H2,1H3,(H,21,23). The van der Waals surface area contributed by atoms with Crippen LogP contribution in [0.15, 0.2) is 23.3 Å². The molecule has 0 bridgehead atoms. The van der Waals surface area contributed by atoms with Crippen molar-refractivity contribution in [1.29, 1.82) is 0 Å². The number of hydrogen-bond donors (Lipinski definition) is 1. The van der Waals surface area contributed by atoms with Crippen molar-refractivity contribution in [3.63, 3.8) is 0 Å². The molecule has 0 aliphatic carbocycles. The van der Waals surface area contributed by atoms with Crippen LogP contribution in [0.5, 0.6) is 5.88 Å². The largest absolute Gasteiger partial charge is 0.475 e. The van der Waals surface area contributed by atoms with Gasteiger partial charge in [-0.25, -0.2) is 4.98 Å². The Morgan fingerprint density at radius 1 is 1.46 bits per heavy atom. The first-order valence-electron chi connectivity index (χ1n) is 8.62. The monoisotopic (exact) mass is 372 g/mol. The average Bonchev–Trinajstić information content (AvgIpc) is 3.25. The van der Waals surface area contributed by atoms with Crippen LogP contribution in [0.2, 0.25) is 0 Å². The minimum atomic E-state index is -4.49. The fraction of sp³-hybridized carbons (Fsp3) is 0.647. The van der Waals surface area contributed by atoms with Crippen molar-refractivity contribution in [2.45, 2.75) is 19.0 Å². The Hall–Kier alpha value is -2.03. The molecule has 6 nitrogen and oxygen atoms in total. The molecule has 0 saturated carbocycles. The summed E-state index contributed by atoms with van der Waals surface area (Å²) in [5, 5.41) is 3.15. The van der Waals surface area contributed by atoms with Gasteiger partial charge in [0.1, 0.15) is 12.2 Å². The number of pyridine rings is 1. The summed E-state index contributed by atoms with van der Waals surface area (Å²) in [5.41, 5.74) is -0.656. The van der Waals surface area contributed by atoms with Gasteiger partial charge in [-0.05, 0) is 25.0 Å². The van der Waals surface area contributed by atoms with Gasteiger partial charge >= 0.3 is 6.18 Å². The number of guanidine groups is 1. The lowest BCUT2D eigenvalue weighted by Crippen LogP contribution is -2.42. The highest BCUT2D eigenvalue weighted by Crippen LogP contribution is 2.38. The summed E-state index contributed by atoms with van der Waals surface area (Å²) in [6, 6.07) is 2.20. The zero-order valence-electron chi connectivity index (χ0n) is 14.7. The van der Waals surface area contributed by atoms with E-state index in [1.54, 1.807) is 7.05 Å². The number of nitrogens with zero attached hydrogens (tertiary/aromatic N) is 3. The van der Waals surface area contributed by atoms with Crippen LogP contribution in [0.25, 0.3) is 0 Å². The number of alkyl halides is 3. The number of ether oxygens (including phenoxy) is 2. The molecule has 3 heterocycles. The van der Waals surface area contributed by atoms with E-state index in [0.717, 1.165) is 51.2 Å². The van der Waals surface area contributed by atoms with Crippen LogP contribution < -0.4 is 10.1 Å². The molecule has 0 amide bonds. The maximum absolute atomic E-state index is 12.9. The minimum absolute atomic E-state index is 0.0568. The number of hydrogen-bond acceptors (Lipinski definition) is 4. The fourth-order valence-electron chi connectivity index (χ4n) is 3.45. The van der Waals surface area contributed by atoms with E-state index >= 15 is 0 Å². The molecule has 3 rings (SSSR count). The maximum atomic E-state index is 12.9. The highest BCUT2D eigenvalue weighted by atomic mass is 19.4. The molecule has 0 aromatic carbocycles. The smallest absolute Gasteiger partial charge is 0.421 e. The van der Waals surface area contributed by atoms with Gasteiger partial charge in [0, 0.05) is 38.4 Å². The summed E-state index contributed by atoms with van der Waals surface area (Å²) in [4.78, 5) is 10.1. The molecule has 2 fully saturated rings. The lowest BCUT2D eigenvalue weighted by molar-refractivity contribution is -0.139. The van der Waals surface area contributed by atoms with Crippen molar-refractivity contribution in [1.82, 2.24) is 15.2 Å². The van der Waals surface area contributed by atoms with Gasteiger partial charge in [-0.1, -0.05) is 0 Å². The molecule has 2 aliphatic rings. The summed E-state index contributed by atoms with van der Waals surface area (Å²) in [6.07, 6.45) is -1.08. The van der Waals surface area contributed by atoms with E-state index in [9.17, 15) is 13.2 Å². The highest BCUT2D eigenvalue weighted by Gasteiger charge is 2.42. The lowest BCUT2D eigenvalue weighted by Gasteiger charge is -2.25. The number of aliphatic imine (C=N–C) groups is 1. The Kier molecular flexibility index (Phi) is 5.55. The van der Waals surface area contributed by atoms with Crippen molar-refractivity contribution in [2.75, 3.05) is 46.5 Å². The molecule has 1 aromatic rings. The van der Waals surface area contributed by atoms with E-state index in [-0.39, 0.29) is 12.0 Å². The second kappa shape index (κ2) is 7.69. The number of rotatable bonds is 4. The summed E-state index contributed by atoms with van der Waals surface area (Å²) >= 11 is 0. The molecule has 0 radical (unpaired) electrons. The second-order valence-corrected chi connectivity index (χ2v) is 6.65. The number of nitrogens with one attached hydrogen (secondary N) is 1. The third-order valence-corrected chi connectivity index (χ3v) is 4.84. The SMILES string of the molecule is CN=C(NCCOc1ncccc1C(F)(F)F)N1CCC2(CCOC2)C1. The summed E-state index contributed by atoms with van der Waals surface area (Å²) in [6.45, 7) is 3.75. The highest BCUT2D eigenvalue weighted by molar-refractivity contribution is 5.80. The van der Waals surface area contributed by atoms with E-state index in [1.807, 2.05) is 0 Å². The zero-order chi connectivity index (χ0) is 18.6. The van der Waals surface area contributed by atoms with Gasteiger partial charge in [0.05, 0.1) is 13.2 Å². The Labute approximate surface area is 150 Å². The van der Waals surface area contributed by atoms with Crippen molar-refractivity contribution < 1.29 is 22.6 Å². The normalized spacial score (nSPS) is 23.7. The second-order valence-electron chi connectivity index (χ2n) is 6.65. The van der Waals surface area contributed by atoms with E-state index < -0.39 is 17.6 Å². The minimum Gasteiger partial charge on any atom is -0.475 e. The molecule has 9 heteroatoms. The first-order chi connectivity index (χ1) is 12.4. The Morgan fingerprint density at radius 3 is 3.00 bits per heavy atom. The molecule has 1 atom stereocenters. The molecular weight excluding hydrogens is 349 g/mol. The third-order valence-electron chi connectivity index (χ3n) is 4.84. The van der Waals surface area contributed by atoms with Crippen LogP contribution in [0.1, 0.15) is 18.4 Å². The van der Waals surface area contributed by atoms with Crippen LogP contribution in [0.3, 0.4) is 0 Å². The van der Waals surface area contributed by atoms with Crippen molar-refractivity contribution >= 4 is 5.96 Å². The molecule has 1 N–H and O–H groups in total. The molecule has 26 heavy (non-hydrogen) atoms. The lowest BCUT2D eigenvalue weighted by atomic mass is 9.87. The molecule has 1 spiro atoms. The molecule has 1 aromatic heterocycles. The number of halogens is 3. The first-order valence-corrected chi connectivity index (χ1v) is 8.62. The van der Waals surface area contributed by atoms with Gasteiger partial charge in [-0.15, -0.1) is 0 Å². The van der Waals surface area contributed by atoms with Crippen molar-refractivity contribution in [2.24, 2.45) is 10.4 Å². The van der Waals surface area contributed by atoms with Gasteiger partial charge in [0.25, 0.3) is 0 Å². The summed E-state index contributed by atoms with van der Waals surface area (Å²) in [5.74, 6) is 0.328. The Balaban J connectivity index is 1.49. The van der Waals surface area contributed by atoms with Gasteiger partial charge in [-0.3, -0.25) is 4.99 Å². The topological polar surface area (TPSA) is 59.0 Å².